The highest BCUT2D eigenvalue weighted by Gasteiger charge is 2.46. The number of ether oxygens (including phenoxy) is 1. The molecule has 186 valence electrons. The summed E-state index contributed by atoms with van der Waals surface area (Å²) in [4.78, 5) is 28.2. The van der Waals surface area contributed by atoms with Gasteiger partial charge in [-0.15, -0.1) is 0 Å². The number of nitrogens with zero attached hydrogens (tertiary/aromatic N) is 1. The smallest absolute Gasteiger partial charge is 0.295 e. The second-order valence-corrected chi connectivity index (χ2v) is 10.2. The van der Waals surface area contributed by atoms with E-state index in [0.29, 0.717) is 17.9 Å². The maximum absolute atomic E-state index is 13.3. The number of rotatable bonds is 7. The first-order valence-electron chi connectivity index (χ1n) is 12.4. The van der Waals surface area contributed by atoms with Crippen LogP contribution in [0.1, 0.15) is 62.4 Å². The summed E-state index contributed by atoms with van der Waals surface area (Å²) >= 11 is 0. The second kappa shape index (κ2) is 10.4. The number of aliphatic hydroxyl groups is 1. The van der Waals surface area contributed by atoms with Gasteiger partial charge in [0.05, 0.1) is 18.2 Å². The summed E-state index contributed by atoms with van der Waals surface area (Å²) in [6.45, 7) is 9.23. The summed E-state index contributed by atoms with van der Waals surface area (Å²) in [5.41, 5.74) is 3.32. The van der Waals surface area contributed by atoms with Crippen molar-refractivity contribution in [2.45, 2.75) is 52.1 Å². The highest BCUT2D eigenvalue weighted by molar-refractivity contribution is 6.46. The third kappa shape index (κ3) is 5.20. The van der Waals surface area contributed by atoms with Crippen LogP contribution in [-0.2, 0) is 21.5 Å². The van der Waals surface area contributed by atoms with Crippen molar-refractivity contribution in [2.24, 2.45) is 0 Å². The van der Waals surface area contributed by atoms with Crippen molar-refractivity contribution in [3.63, 3.8) is 0 Å². The van der Waals surface area contributed by atoms with Crippen molar-refractivity contribution in [1.82, 2.24) is 4.90 Å². The number of ketones is 1. The molecule has 36 heavy (non-hydrogen) atoms. The summed E-state index contributed by atoms with van der Waals surface area (Å²) in [6, 6.07) is 23.8. The molecule has 1 amide bonds. The quantitative estimate of drug-likeness (QED) is 0.240. The molecule has 1 fully saturated rings. The number of aliphatic hydroxyl groups excluding tert-OH is 1. The first kappa shape index (κ1) is 25.2. The van der Waals surface area contributed by atoms with Crippen LogP contribution in [0.2, 0.25) is 0 Å². The summed E-state index contributed by atoms with van der Waals surface area (Å²) < 4.78 is 5.72. The van der Waals surface area contributed by atoms with Gasteiger partial charge in [0.15, 0.2) is 0 Å². The third-order valence-electron chi connectivity index (χ3n) is 6.41. The van der Waals surface area contributed by atoms with Crippen LogP contribution < -0.4 is 4.74 Å². The van der Waals surface area contributed by atoms with Crippen LogP contribution in [0.15, 0.2) is 84.4 Å². The van der Waals surface area contributed by atoms with Gasteiger partial charge in [0.1, 0.15) is 11.5 Å². The zero-order valence-corrected chi connectivity index (χ0v) is 21.3. The maximum atomic E-state index is 13.3. The average Bonchev–Trinajstić information content (AvgIpc) is 3.12. The average molecular weight is 484 g/mol. The minimum atomic E-state index is -0.709. The zero-order valence-electron chi connectivity index (χ0n) is 21.3. The number of carbonyl (C=O) groups excluding carboxylic acids is 2. The molecule has 1 heterocycles. The molecule has 1 aliphatic rings. The molecular weight excluding hydrogens is 450 g/mol. The molecular formula is C31H33NO4. The number of carbonyl (C=O) groups is 2. The molecule has 0 radical (unpaired) electrons. The molecule has 5 nitrogen and oxygen atoms in total. The molecule has 5 heteroatoms. The first-order chi connectivity index (χ1) is 17.2. The van der Waals surface area contributed by atoms with Crippen molar-refractivity contribution in [2.75, 3.05) is 6.61 Å². The van der Waals surface area contributed by atoms with Crippen molar-refractivity contribution in [3.8, 4) is 5.75 Å². The van der Waals surface area contributed by atoms with Gasteiger partial charge >= 0.3 is 0 Å². The Morgan fingerprint density at radius 1 is 0.944 bits per heavy atom. The highest BCUT2D eigenvalue weighted by Crippen LogP contribution is 2.41. The summed E-state index contributed by atoms with van der Waals surface area (Å²) in [7, 11) is 0. The van der Waals surface area contributed by atoms with Crippen molar-refractivity contribution < 1.29 is 19.4 Å². The molecule has 3 aromatic carbocycles. The molecule has 4 rings (SSSR count). The SMILES string of the molecule is CCCOc1cccc(C(O)=C2C(=O)C(=O)N(Cc3ccccc3)C2c2ccc(C(C)(C)C)cc2)c1. The number of amides is 1. The topological polar surface area (TPSA) is 66.8 Å². The van der Waals surface area contributed by atoms with Gasteiger partial charge in [-0.2, -0.15) is 0 Å². The van der Waals surface area contributed by atoms with Crippen molar-refractivity contribution >= 4 is 17.4 Å². The van der Waals surface area contributed by atoms with Gasteiger partial charge in [-0.05, 0) is 40.7 Å². The monoisotopic (exact) mass is 483 g/mol. The lowest BCUT2D eigenvalue weighted by atomic mass is 9.85. The fraction of sp³-hybridized carbons (Fsp3) is 0.290. The van der Waals surface area contributed by atoms with E-state index in [-0.39, 0.29) is 23.3 Å². The summed E-state index contributed by atoms with van der Waals surface area (Å²) in [5.74, 6) is -0.904. The molecule has 0 saturated carbocycles. The van der Waals surface area contributed by atoms with E-state index >= 15 is 0 Å². The van der Waals surface area contributed by atoms with Crippen LogP contribution in [0.5, 0.6) is 5.75 Å². The van der Waals surface area contributed by atoms with Gasteiger partial charge < -0.3 is 14.7 Å². The number of hydrogen-bond acceptors (Lipinski definition) is 4. The Kier molecular flexibility index (Phi) is 7.30. The number of benzene rings is 3. The molecule has 1 saturated heterocycles. The van der Waals surface area contributed by atoms with Crippen LogP contribution in [0.4, 0.5) is 0 Å². The highest BCUT2D eigenvalue weighted by atomic mass is 16.5. The van der Waals surface area contributed by atoms with E-state index in [0.717, 1.165) is 23.1 Å². The predicted molar refractivity (Wildman–Crippen MR) is 142 cm³/mol. The lowest BCUT2D eigenvalue weighted by Gasteiger charge is -2.26. The molecule has 1 aliphatic heterocycles. The molecule has 0 spiro atoms. The Balaban J connectivity index is 1.82. The second-order valence-electron chi connectivity index (χ2n) is 10.2. The molecule has 1 atom stereocenters. The Labute approximate surface area is 213 Å². The van der Waals surface area contributed by atoms with Crippen LogP contribution >= 0.6 is 0 Å². The van der Waals surface area contributed by atoms with E-state index in [4.69, 9.17) is 4.74 Å². The number of hydrogen-bond donors (Lipinski definition) is 1. The molecule has 3 aromatic rings. The Hall–Kier alpha value is -3.86. The zero-order chi connectivity index (χ0) is 25.9. The Morgan fingerprint density at radius 3 is 2.28 bits per heavy atom. The summed E-state index contributed by atoms with van der Waals surface area (Å²) in [6.07, 6.45) is 0.853. The van der Waals surface area contributed by atoms with E-state index in [1.807, 2.05) is 67.6 Å². The minimum absolute atomic E-state index is 0.0384. The van der Waals surface area contributed by atoms with Crippen LogP contribution in [0, 0.1) is 0 Å². The van der Waals surface area contributed by atoms with Gasteiger partial charge in [0.25, 0.3) is 11.7 Å². The fourth-order valence-electron chi connectivity index (χ4n) is 4.44. The van der Waals surface area contributed by atoms with Gasteiger partial charge in [0.2, 0.25) is 0 Å². The Bertz CT molecular complexity index is 1270. The van der Waals surface area contributed by atoms with Crippen LogP contribution in [-0.4, -0.2) is 28.3 Å². The van der Waals surface area contributed by atoms with Gasteiger partial charge in [-0.3, -0.25) is 9.59 Å². The molecule has 1 N–H and O–H groups in total. The van der Waals surface area contributed by atoms with E-state index in [2.05, 4.69) is 20.8 Å². The van der Waals surface area contributed by atoms with Crippen molar-refractivity contribution in [3.05, 3.63) is 107 Å². The van der Waals surface area contributed by atoms with E-state index in [1.165, 1.54) is 0 Å². The molecule has 0 aliphatic carbocycles. The molecule has 0 aromatic heterocycles. The summed E-state index contributed by atoms with van der Waals surface area (Å²) in [5, 5.41) is 11.4. The fourth-order valence-corrected chi connectivity index (χ4v) is 4.44. The van der Waals surface area contributed by atoms with Crippen LogP contribution in [0.3, 0.4) is 0 Å². The standard InChI is InChI=1S/C31H33NO4/c1-5-18-36-25-13-9-12-23(19-25)28(33)26-27(22-14-16-24(17-15-22)31(2,3)4)32(30(35)29(26)34)20-21-10-7-6-8-11-21/h6-17,19,27,33H,5,18,20H2,1-4H3. The van der Waals surface area contributed by atoms with Gasteiger partial charge in [0, 0.05) is 12.1 Å². The third-order valence-corrected chi connectivity index (χ3v) is 6.41. The predicted octanol–water partition coefficient (Wildman–Crippen LogP) is 6.39. The maximum Gasteiger partial charge on any atom is 0.295 e. The van der Waals surface area contributed by atoms with E-state index in [9.17, 15) is 14.7 Å². The molecule has 0 bridgehead atoms. The Morgan fingerprint density at radius 2 is 1.64 bits per heavy atom. The number of Topliss-reactive ketones (excluding diaryl/α,β-unsaturated/α-hetero) is 1. The lowest BCUT2D eigenvalue weighted by molar-refractivity contribution is -0.140. The van der Waals surface area contributed by atoms with Crippen LogP contribution in [0.25, 0.3) is 5.76 Å². The van der Waals surface area contributed by atoms with Crippen molar-refractivity contribution in [1.29, 1.82) is 0 Å². The largest absolute Gasteiger partial charge is 0.507 e. The normalized spacial score (nSPS) is 17.4. The van der Waals surface area contributed by atoms with E-state index in [1.54, 1.807) is 23.1 Å². The lowest BCUT2D eigenvalue weighted by Crippen LogP contribution is -2.29. The van der Waals surface area contributed by atoms with E-state index < -0.39 is 17.7 Å². The molecule has 1 unspecified atom stereocenters. The number of likely N-dealkylation sites (tertiary alicyclic amines) is 1. The minimum Gasteiger partial charge on any atom is -0.507 e. The van der Waals surface area contributed by atoms with Gasteiger partial charge in [-0.1, -0.05) is 94.4 Å². The van der Waals surface area contributed by atoms with Gasteiger partial charge in [-0.25, -0.2) is 0 Å². The first-order valence-corrected chi connectivity index (χ1v) is 12.4.